The minimum atomic E-state index is 0.287. The number of hydrogen-bond donors (Lipinski definition) is 1. The van der Waals surface area contributed by atoms with Crippen LogP contribution in [0.15, 0.2) is 24.3 Å². The minimum absolute atomic E-state index is 0.287. The van der Waals surface area contributed by atoms with Crippen molar-refractivity contribution in [2.45, 2.75) is 53.1 Å². The summed E-state index contributed by atoms with van der Waals surface area (Å²) < 4.78 is 5.39. The highest BCUT2D eigenvalue weighted by molar-refractivity contribution is 5.33. The molecule has 0 fully saturated rings. The van der Waals surface area contributed by atoms with Gasteiger partial charge >= 0.3 is 0 Å². The molecule has 0 amide bonds. The van der Waals surface area contributed by atoms with E-state index in [9.17, 15) is 0 Å². The fourth-order valence-corrected chi connectivity index (χ4v) is 1.94. The van der Waals surface area contributed by atoms with Gasteiger partial charge in [-0.1, -0.05) is 39.0 Å². The summed E-state index contributed by atoms with van der Waals surface area (Å²) in [6.45, 7) is 11.3. The summed E-state index contributed by atoms with van der Waals surface area (Å²) in [6.07, 6.45) is 0.991. The highest BCUT2D eigenvalue weighted by Gasteiger charge is 2.21. The molecule has 0 spiro atoms. The van der Waals surface area contributed by atoms with Crippen molar-refractivity contribution in [3.63, 3.8) is 0 Å². The van der Waals surface area contributed by atoms with Crippen LogP contribution >= 0.6 is 0 Å². The maximum Gasteiger partial charge on any atom is 0.122 e. The fraction of sp³-hybridized carbons (Fsp3) is 0.625. The van der Waals surface area contributed by atoms with Crippen LogP contribution in [-0.2, 0) is 6.42 Å². The van der Waals surface area contributed by atoms with Crippen molar-refractivity contribution >= 4 is 0 Å². The maximum absolute atomic E-state index is 5.39. The molecule has 0 radical (unpaired) electrons. The molecule has 0 aliphatic carbocycles. The normalized spacial score (nSPS) is 15.2. The summed E-state index contributed by atoms with van der Waals surface area (Å²) in [5, 5.41) is 3.66. The zero-order chi connectivity index (χ0) is 13.8. The molecule has 2 nitrogen and oxygen atoms in total. The van der Waals surface area contributed by atoms with Crippen LogP contribution in [0.4, 0.5) is 0 Å². The van der Waals surface area contributed by atoms with Gasteiger partial charge in [-0.15, -0.1) is 0 Å². The molecule has 0 aromatic heterocycles. The third-order valence-corrected chi connectivity index (χ3v) is 3.55. The Kier molecular flexibility index (Phi) is 5.21. The summed E-state index contributed by atoms with van der Waals surface area (Å²) in [6, 6.07) is 9.17. The predicted molar refractivity (Wildman–Crippen MR) is 78.2 cm³/mol. The number of para-hydroxylation sites is 1. The summed E-state index contributed by atoms with van der Waals surface area (Å²) in [5.41, 5.74) is 1.55. The number of benzene rings is 1. The third-order valence-electron chi connectivity index (χ3n) is 3.55. The van der Waals surface area contributed by atoms with Crippen LogP contribution in [0.5, 0.6) is 5.75 Å². The first kappa shape index (κ1) is 15.0. The van der Waals surface area contributed by atoms with Crippen molar-refractivity contribution in [3.05, 3.63) is 29.8 Å². The van der Waals surface area contributed by atoms with Crippen LogP contribution in [-0.4, -0.2) is 19.2 Å². The van der Waals surface area contributed by atoms with Gasteiger partial charge in [0.25, 0.3) is 0 Å². The van der Waals surface area contributed by atoms with E-state index in [1.165, 1.54) is 5.56 Å². The van der Waals surface area contributed by atoms with Gasteiger partial charge in [-0.05, 0) is 37.3 Å². The fourth-order valence-electron chi connectivity index (χ4n) is 1.94. The van der Waals surface area contributed by atoms with E-state index in [1.54, 1.807) is 7.11 Å². The van der Waals surface area contributed by atoms with Gasteiger partial charge in [0, 0.05) is 12.1 Å². The first-order valence-electron chi connectivity index (χ1n) is 6.72. The molecule has 1 N–H and O–H groups in total. The number of rotatable bonds is 5. The zero-order valence-corrected chi connectivity index (χ0v) is 12.6. The van der Waals surface area contributed by atoms with E-state index in [4.69, 9.17) is 4.74 Å². The maximum atomic E-state index is 5.39. The van der Waals surface area contributed by atoms with Crippen molar-refractivity contribution in [1.82, 2.24) is 5.32 Å². The van der Waals surface area contributed by atoms with Gasteiger partial charge in [-0.25, -0.2) is 0 Å². The molecule has 1 rings (SSSR count). The Morgan fingerprint density at radius 3 is 2.33 bits per heavy atom. The van der Waals surface area contributed by atoms with E-state index in [0.29, 0.717) is 12.1 Å². The molecule has 2 unspecified atom stereocenters. The Hall–Kier alpha value is -1.02. The lowest BCUT2D eigenvalue weighted by Crippen LogP contribution is -2.43. The highest BCUT2D eigenvalue weighted by atomic mass is 16.5. The molecule has 18 heavy (non-hydrogen) atoms. The smallest absolute Gasteiger partial charge is 0.122 e. The van der Waals surface area contributed by atoms with Crippen LogP contribution in [0.3, 0.4) is 0 Å². The zero-order valence-electron chi connectivity index (χ0n) is 12.6. The Morgan fingerprint density at radius 2 is 1.78 bits per heavy atom. The number of hydrogen-bond acceptors (Lipinski definition) is 2. The van der Waals surface area contributed by atoms with Crippen molar-refractivity contribution in [2.75, 3.05) is 7.11 Å². The molecule has 1 aromatic rings. The van der Waals surface area contributed by atoms with Gasteiger partial charge < -0.3 is 10.1 Å². The molecule has 0 aliphatic heterocycles. The first-order valence-corrected chi connectivity index (χ1v) is 6.72. The van der Waals surface area contributed by atoms with E-state index in [1.807, 2.05) is 12.1 Å². The van der Waals surface area contributed by atoms with E-state index < -0.39 is 0 Å². The van der Waals surface area contributed by atoms with Crippen LogP contribution in [0, 0.1) is 5.41 Å². The minimum Gasteiger partial charge on any atom is -0.496 e. The average Bonchev–Trinajstić information content (AvgIpc) is 2.28. The second-order valence-electron chi connectivity index (χ2n) is 6.17. The predicted octanol–water partition coefficient (Wildman–Crippen LogP) is 3.65. The highest BCUT2D eigenvalue weighted by Crippen LogP contribution is 2.22. The lowest BCUT2D eigenvalue weighted by atomic mass is 9.87. The summed E-state index contributed by atoms with van der Waals surface area (Å²) in [7, 11) is 1.73. The molecular formula is C16H27NO. The van der Waals surface area contributed by atoms with Gasteiger partial charge in [-0.3, -0.25) is 0 Å². The Balaban J connectivity index is 2.62. The molecule has 0 saturated heterocycles. The number of ether oxygens (including phenoxy) is 1. The average molecular weight is 249 g/mol. The molecule has 1 aromatic carbocycles. The van der Waals surface area contributed by atoms with Gasteiger partial charge in [0.15, 0.2) is 0 Å². The van der Waals surface area contributed by atoms with Gasteiger partial charge in [0.1, 0.15) is 5.75 Å². The monoisotopic (exact) mass is 249 g/mol. The van der Waals surface area contributed by atoms with Crippen molar-refractivity contribution in [1.29, 1.82) is 0 Å². The molecule has 0 saturated carbocycles. The Bertz CT molecular complexity index is 368. The summed E-state index contributed by atoms with van der Waals surface area (Å²) in [4.78, 5) is 0. The van der Waals surface area contributed by atoms with Gasteiger partial charge in [0.05, 0.1) is 7.11 Å². The van der Waals surface area contributed by atoms with Crippen LogP contribution in [0.2, 0.25) is 0 Å². The van der Waals surface area contributed by atoms with Crippen LogP contribution < -0.4 is 10.1 Å². The molecule has 2 heteroatoms. The number of nitrogens with one attached hydrogen (secondary N) is 1. The second-order valence-corrected chi connectivity index (χ2v) is 6.17. The SMILES string of the molecule is COc1ccccc1CC(C)NC(C)C(C)(C)C. The van der Waals surface area contributed by atoms with Crippen molar-refractivity contribution in [3.8, 4) is 5.75 Å². The molecule has 2 atom stereocenters. The van der Waals surface area contributed by atoms with E-state index in [0.717, 1.165) is 12.2 Å². The topological polar surface area (TPSA) is 21.3 Å². The quantitative estimate of drug-likeness (QED) is 0.860. The van der Waals surface area contributed by atoms with Gasteiger partial charge in [0.2, 0.25) is 0 Å². The van der Waals surface area contributed by atoms with E-state index >= 15 is 0 Å². The first-order chi connectivity index (χ1) is 8.34. The summed E-state index contributed by atoms with van der Waals surface area (Å²) >= 11 is 0. The Labute approximate surface area is 112 Å². The van der Waals surface area contributed by atoms with E-state index in [2.05, 4.69) is 52.1 Å². The molecule has 102 valence electrons. The Morgan fingerprint density at radius 1 is 1.17 bits per heavy atom. The summed E-state index contributed by atoms with van der Waals surface area (Å²) in [5.74, 6) is 0.981. The third kappa shape index (κ3) is 4.34. The largest absolute Gasteiger partial charge is 0.496 e. The molecule has 0 heterocycles. The van der Waals surface area contributed by atoms with Crippen LogP contribution in [0.25, 0.3) is 0 Å². The standard InChI is InChI=1S/C16H27NO/c1-12(17-13(2)16(3,4)5)11-14-9-7-8-10-15(14)18-6/h7-10,12-13,17H,11H2,1-6H3. The lowest BCUT2D eigenvalue weighted by Gasteiger charge is -2.31. The molecular weight excluding hydrogens is 222 g/mol. The molecule has 0 bridgehead atoms. The molecule has 0 aliphatic rings. The van der Waals surface area contributed by atoms with Crippen molar-refractivity contribution in [2.24, 2.45) is 5.41 Å². The lowest BCUT2D eigenvalue weighted by molar-refractivity contribution is 0.266. The van der Waals surface area contributed by atoms with Gasteiger partial charge in [-0.2, -0.15) is 0 Å². The number of methoxy groups -OCH3 is 1. The van der Waals surface area contributed by atoms with Crippen molar-refractivity contribution < 1.29 is 4.74 Å². The van der Waals surface area contributed by atoms with E-state index in [-0.39, 0.29) is 5.41 Å². The van der Waals surface area contributed by atoms with Crippen LogP contribution in [0.1, 0.15) is 40.2 Å². The second kappa shape index (κ2) is 6.24.